The first-order valence-corrected chi connectivity index (χ1v) is 7.53. The third kappa shape index (κ3) is 9.20. The summed E-state index contributed by atoms with van der Waals surface area (Å²) in [6.07, 6.45) is 0. The van der Waals surface area contributed by atoms with Crippen molar-refractivity contribution in [1.82, 2.24) is 21.3 Å². The predicted octanol–water partition coefficient (Wildman–Crippen LogP) is 0.610. The van der Waals surface area contributed by atoms with Crippen LogP contribution in [0.2, 0.25) is 0 Å². The van der Waals surface area contributed by atoms with Gasteiger partial charge in [-0.05, 0) is 0 Å². The Bertz CT molecular complexity index is 359. The van der Waals surface area contributed by atoms with Crippen LogP contribution < -0.4 is 21.3 Å². The molecule has 4 amide bonds. The Balaban J connectivity index is 3.68. The maximum Gasteiger partial charge on any atom is 0.314 e. The second-order valence-electron chi connectivity index (χ2n) is 7.19. The number of hydrogen-bond donors (Lipinski definition) is 4. The molecule has 0 aromatic carbocycles. The molecule has 0 aromatic heterocycles. The Morgan fingerprint density at radius 1 is 0.591 bits per heavy atom. The smallest absolute Gasteiger partial charge is 0.314 e. The van der Waals surface area contributed by atoms with Gasteiger partial charge in [-0.3, -0.25) is 9.59 Å². The van der Waals surface area contributed by atoms with E-state index in [0.29, 0.717) is 26.2 Å². The van der Waals surface area contributed by atoms with E-state index in [1.54, 1.807) is 0 Å². The highest BCUT2D eigenvalue weighted by Gasteiger charge is 2.21. The molecule has 22 heavy (non-hydrogen) atoms. The topological polar surface area (TPSA) is 99.3 Å². The molecule has 0 aliphatic heterocycles. The van der Waals surface area contributed by atoms with E-state index in [1.165, 1.54) is 0 Å². The predicted molar refractivity (Wildman–Crippen MR) is 86.3 cm³/mol. The van der Waals surface area contributed by atoms with Crippen LogP contribution in [-0.2, 0) is 9.59 Å². The molecule has 0 bridgehead atoms. The van der Waals surface area contributed by atoms with Crippen molar-refractivity contribution in [1.29, 1.82) is 0 Å². The summed E-state index contributed by atoms with van der Waals surface area (Å²) in [6, 6.07) is -0.324. The molecular weight excluding hydrogens is 284 g/mol. The van der Waals surface area contributed by atoms with E-state index < -0.39 is 10.8 Å². The van der Waals surface area contributed by atoms with Gasteiger partial charge >= 0.3 is 6.03 Å². The van der Waals surface area contributed by atoms with E-state index in [0.717, 1.165) is 0 Å². The van der Waals surface area contributed by atoms with Crippen LogP contribution in [-0.4, -0.2) is 44.0 Å². The zero-order chi connectivity index (χ0) is 17.4. The summed E-state index contributed by atoms with van der Waals surface area (Å²) < 4.78 is 0. The molecule has 0 aliphatic rings. The molecule has 0 saturated heterocycles. The van der Waals surface area contributed by atoms with E-state index in [4.69, 9.17) is 0 Å². The van der Waals surface area contributed by atoms with E-state index in [-0.39, 0.29) is 17.8 Å². The molecule has 0 saturated carbocycles. The quantitative estimate of drug-likeness (QED) is 0.541. The SMILES string of the molecule is CC(C)(C)C(=O)NCCNC(=O)NCCNC(=O)C(C)(C)C. The van der Waals surface area contributed by atoms with Crippen molar-refractivity contribution in [2.24, 2.45) is 10.8 Å². The van der Waals surface area contributed by atoms with Crippen LogP contribution in [0.4, 0.5) is 4.79 Å². The van der Waals surface area contributed by atoms with E-state index >= 15 is 0 Å². The summed E-state index contributed by atoms with van der Waals surface area (Å²) in [7, 11) is 0. The van der Waals surface area contributed by atoms with Crippen molar-refractivity contribution in [3.8, 4) is 0 Å². The second-order valence-corrected chi connectivity index (χ2v) is 7.19. The Labute approximate surface area is 133 Å². The monoisotopic (exact) mass is 314 g/mol. The standard InChI is InChI=1S/C15H30N4O3/c1-14(2,3)11(20)16-7-9-18-13(22)19-10-8-17-12(21)15(4,5)6/h7-10H2,1-6H3,(H,16,20)(H,17,21)(H2,18,19,22). The third-order valence-corrected chi connectivity index (χ3v) is 2.75. The molecule has 0 atom stereocenters. The number of rotatable bonds is 6. The minimum absolute atomic E-state index is 0.0559. The van der Waals surface area contributed by atoms with Gasteiger partial charge in [0, 0.05) is 37.0 Å². The molecule has 0 spiro atoms. The first kappa shape index (κ1) is 20.2. The molecule has 4 N–H and O–H groups in total. The maximum absolute atomic E-state index is 11.6. The summed E-state index contributed by atoms with van der Waals surface area (Å²) in [5.41, 5.74) is -0.874. The Morgan fingerprint density at radius 2 is 0.864 bits per heavy atom. The molecule has 128 valence electrons. The van der Waals surface area contributed by atoms with Gasteiger partial charge in [0.25, 0.3) is 0 Å². The van der Waals surface area contributed by atoms with Crippen LogP contribution in [0.25, 0.3) is 0 Å². The van der Waals surface area contributed by atoms with Crippen LogP contribution in [0.1, 0.15) is 41.5 Å². The Hall–Kier alpha value is -1.79. The first-order chi connectivity index (χ1) is 9.94. The lowest BCUT2D eigenvalue weighted by molar-refractivity contribution is -0.129. The van der Waals surface area contributed by atoms with Gasteiger partial charge in [0.2, 0.25) is 11.8 Å². The molecule has 0 fully saturated rings. The van der Waals surface area contributed by atoms with Crippen LogP contribution in [0.15, 0.2) is 0 Å². The number of carbonyl (C=O) groups excluding carboxylic acids is 3. The number of amides is 4. The molecule has 0 rings (SSSR count). The van der Waals surface area contributed by atoms with Crippen molar-refractivity contribution in [3.05, 3.63) is 0 Å². The van der Waals surface area contributed by atoms with Crippen LogP contribution in [0, 0.1) is 10.8 Å². The molecule has 7 nitrogen and oxygen atoms in total. The average molecular weight is 314 g/mol. The molecule has 0 radical (unpaired) electrons. The van der Waals surface area contributed by atoms with Gasteiger partial charge in [0.1, 0.15) is 0 Å². The van der Waals surface area contributed by atoms with Crippen molar-refractivity contribution in [3.63, 3.8) is 0 Å². The summed E-state index contributed by atoms with van der Waals surface area (Å²) in [5, 5.41) is 10.7. The fourth-order valence-corrected chi connectivity index (χ4v) is 1.30. The zero-order valence-corrected chi connectivity index (χ0v) is 14.6. The average Bonchev–Trinajstić information content (AvgIpc) is 2.36. The Morgan fingerprint density at radius 3 is 1.14 bits per heavy atom. The van der Waals surface area contributed by atoms with Crippen LogP contribution in [0.3, 0.4) is 0 Å². The largest absolute Gasteiger partial charge is 0.354 e. The highest BCUT2D eigenvalue weighted by atomic mass is 16.2. The van der Waals surface area contributed by atoms with Crippen LogP contribution >= 0.6 is 0 Å². The summed E-state index contributed by atoms with van der Waals surface area (Å²) in [5.74, 6) is -0.112. The van der Waals surface area contributed by atoms with Gasteiger partial charge in [0.05, 0.1) is 0 Å². The Kier molecular flexibility index (Phi) is 7.90. The minimum atomic E-state index is -0.437. The van der Waals surface area contributed by atoms with E-state index in [9.17, 15) is 14.4 Å². The van der Waals surface area contributed by atoms with Gasteiger partial charge in [-0.2, -0.15) is 0 Å². The normalized spacial score (nSPS) is 11.5. The summed E-state index contributed by atoms with van der Waals surface area (Å²) in [4.78, 5) is 34.6. The molecule has 7 heteroatoms. The van der Waals surface area contributed by atoms with Crippen molar-refractivity contribution in [2.45, 2.75) is 41.5 Å². The molecule has 0 aromatic rings. The van der Waals surface area contributed by atoms with Crippen molar-refractivity contribution in [2.75, 3.05) is 26.2 Å². The fraction of sp³-hybridized carbons (Fsp3) is 0.800. The number of carbonyl (C=O) groups is 3. The van der Waals surface area contributed by atoms with Gasteiger partial charge in [0.15, 0.2) is 0 Å². The highest BCUT2D eigenvalue weighted by Crippen LogP contribution is 2.12. The first-order valence-electron chi connectivity index (χ1n) is 7.53. The fourth-order valence-electron chi connectivity index (χ4n) is 1.30. The lowest BCUT2D eigenvalue weighted by Crippen LogP contribution is -2.45. The van der Waals surface area contributed by atoms with Gasteiger partial charge in [-0.1, -0.05) is 41.5 Å². The number of hydrogen-bond acceptors (Lipinski definition) is 3. The lowest BCUT2D eigenvalue weighted by Gasteiger charge is -2.18. The van der Waals surface area contributed by atoms with Gasteiger partial charge in [-0.15, -0.1) is 0 Å². The lowest BCUT2D eigenvalue weighted by atomic mass is 9.96. The molecule has 0 aliphatic carbocycles. The molecular formula is C15H30N4O3. The van der Waals surface area contributed by atoms with Crippen LogP contribution in [0.5, 0.6) is 0 Å². The summed E-state index contributed by atoms with van der Waals surface area (Å²) >= 11 is 0. The third-order valence-electron chi connectivity index (χ3n) is 2.75. The zero-order valence-electron chi connectivity index (χ0n) is 14.6. The molecule has 0 unspecified atom stereocenters. The number of nitrogens with one attached hydrogen (secondary N) is 4. The summed E-state index contributed by atoms with van der Waals surface area (Å²) in [6.45, 7) is 12.4. The van der Waals surface area contributed by atoms with E-state index in [1.807, 2.05) is 41.5 Å². The van der Waals surface area contributed by atoms with Gasteiger partial charge in [-0.25, -0.2) is 4.79 Å². The molecule has 0 heterocycles. The minimum Gasteiger partial charge on any atom is -0.354 e. The highest BCUT2D eigenvalue weighted by molar-refractivity contribution is 5.82. The number of urea groups is 1. The maximum atomic E-state index is 11.6. The van der Waals surface area contributed by atoms with Crippen molar-refractivity contribution >= 4 is 17.8 Å². The van der Waals surface area contributed by atoms with Crippen molar-refractivity contribution < 1.29 is 14.4 Å². The van der Waals surface area contributed by atoms with E-state index in [2.05, 4.69) is 21.3 Å². The second kappa shape index (κ2) is 8.60. The van der Waals surface area contributed by atoms with Gasteiger partial charge < -0.3 is 21.3 Å².